The lowest BCUT2D eigenvalue weighted by Gasteiger charge is -1.98. The third-order valence-electron chi connectivity index (χ3n) is 3.20. The van der Waals surface area contributed by atoms with E-state index in [1.807, 2.05) is 31.2 Å². The normalized spacial score (nSPS) is 11.8. The van der Waals surface area contributed by atoms with E-state index in [1.54, 1.807) is 6.20 Å². The highest BCUT2D eigenvalue weighted by Crippen LogP contribution is 2.22. The Balaban J connectivity index is 2.08. The van der Waals surface area contributed by atoms with Crippen LogP contribution in [0.2, 0.25) is 0 Å². The molecule has 3 rings (SSSR count). The zero-order valence-electron chi connectivity index (χ0n) is 11.7. The van der Waals surface area contributed by atoms with Crippen LogP contribution in [0, 0.1) is 6.92 Å². The molecule has 4 nitrogen and oxygen atoms in total. The first-order valence-electron chi connectivity index (χ1n) is 6.62. The van der Waals surface area contributed by atoms with Crippen LogP contribution in [0.1, 0.15) is 11.1 Å². The Morgan fingerprint density at radius 3 is 2.95 bits per heavy atom. The Hall–Kier alpha value is -2.88. The van der Waals surface area contributed by atoms with Crippen LogP contribution in [0.5, 0.6) is 0 Å². The van der Waals surface area contributed by atoms with E-state index in [2.05, 4.69) is 27.6 Å². The van der Waals surface area contributed by atoms with Gasteiger partial charge in [0.1, 0.15) is 11.6 Å². The van der Waals surface area contributed by atoms with Crippen LogP contribution in [0.15, 0.2) is 55.3 Å². The summed E-state index contributed by atoms with van der Waals surface area (Å²) >= 11 is 0. The fraction of sp³-hybridized carbons (Fsp3) is 0.0588. The Morgan fingerprint density at radius 1 is 1.33 bits per heavy atom. The number of H-pyrrole nitrogens is 1. The Kier molecular flexibility index (Phi) is 3.28. The molecule has 0 saturated carbocycles. The predicted molar refractivity (Wildman–Crippen MR) is 84.9 cm³/mol. The molecule has 0 radical (unpaired) electrons. The Bertz CT molecular complexity index is 846. The van der Waals surface area contributed by atoms with Crippen LogP contribution < -0.4 is 0 Å². The van der Waals surface area contributed by atoms with Gasteiger partial charge in [-0.05, 0) is 25.1 Å². The summed E-state index contributed by atoms with van der Waals surface area (Å²) in [5.74, 6) is 0.900. The minimum atomic E-state index is 0.131. The highest BCUT2D eigenvalue weighted by Gasteiger charge is 2.08. The molecule has 0 bridgehead atoms. The van der Waals surface area contributed by atoms with Crippen molar-refractivity contribution in [2.75, 3.05) is 0 Å². The van der Waals surface area contributed by atoms with Crippen molar-refractivity contribution in [3.8, 4) is 11.4 Å². The minimum Gasteiger partial charge on any atom is -0.507 e. The molecule has 4 heteroatoms. The number of pyridine rings is 1. The van der Waals surface area contributed by atoms with Crippen molar-refractivity contribution in [1.29, 1.82) is 0 Å². The number of rotatable bonds is 3. The number of aliphatic hydroxyl groups is 1. The fourth-order valence-electron chi connectivity index (χ4n) is 2.18. The number of fused-ring (bicyclic) bond motifs is 1. The van der Waals surface area contributed by atoms with E-state index >= 15 is 0 Å². The van der Waals surface area contributed by atoms with Gasteiger partial charge < -0.3 is 10.1 Å². The van der Waals surface area contributed by atoms with Crippen LogP contribution >= 0.6 is 0 Å². The predicted octanol–water partition coefficient (Wildman–Crippen LogP) is 4.02. The summed E-state index contributed by atoms with van der Waals surface area (Å²) in [5, 5.41) is 9.86. The average molecular weight is 277 g/mol. The molecule has 1 aromatic carbocycles. The minimum absolute atomic E-state index is 0.131. The van der Waals surface area contributed by atoms with Gasteiger partial charge in [-0.25, -0.2) is 9.97 Å². The molecule has 2 N–H and O–H groups in total. The topological polar surface area (TPSA) is 61.8 Å². The van der Waals surface area contributed by atoms with Gasteiger partial charge >= 0.3 is 0 Å². The Morgan fingerprint density at radius 2 is 2.19 bits per heavy atom. The Labute approximate surface area is 122 Å². The molecular formula is C17H15N3O. The molecule has 0 fully saturated rings. The van der Waals surface area contributed by atoms with Crippen molar-refractivity contribution in [2.24, 2.45) is 0 Å². The van der Waals surface area contributed by atoms with Gasteiger partial charge in [0.05, 0.1) is 5.52 Å². The highest BCUT2D eigenvalue weighted by molar-refractivity contribution is 5.79. The zero-order valence-corrected chi connectivity index (χ0v) is 11.7. The summed E-state index contributed by atoms with van der Waals surface area (Å²) in [4.78, 5) is 12.0. The highest BCUT2D eigenvalue weighted by atomic mass is 16.3. The second kappa shape index (κ2) is 5.25. The van der Waals surface area contributed by atoms with Gasteiger partial charge in [0.2, 0.25) is 0 Å². The summed E-state index contributed by atoms with van der Waals surface area (Å²) in [5.41, 5.74) is 4.23. The van der Waals surface area contributed by atoms with Crippen molar-refractivity contribution < 1.29 is 5.11 Å². The lowest BCUT2D eigenvalue weighted by molar-refractivity contribution is 0.511. The fourth-order valence-corrected chi connectivity index (χ4v) is 2.18. The summed E-state index contributed by atoms with van der Waals surface area (Å²) in [6.45, 7) is 5.61. The number of hydrogen-bond donors (Lipinski definition) is 2. The number of aromatic nitrogens is 3. The molecule has 2 aromatic heterocycles. The first-order valence-corrected chi connectivity index (χ1v) is 6.62. The maximum atomic E-state index is 9.86. The molecule has 104 valence electrons. The number of aromatic amines is 1. The standard InChI is InChI=1S/C17H15N3O/c1-3-5-15(21)13-9-14-17(18-10-13)20-16(19-14)12-7-4-6-11(2)8-12/h3-10,21H,1H2,2H3,(H,18,19,20)/b15-5-. The van der Waals surface area contributed by atoms with Crippen molar-refractivity contribution in [2.45, 2.75) is 6.92 Å². The first kappa shape index (κ1) is 13.1. The largest absolute Gasteiger partial charge is 0.507 e. The van der Waals surface area contributed by atoms with Crippen molar-refractivity contribution >= 4 is 16.9 Å². The molecule has 0 atom stereocenters. The quantitative estimate of drug-likeness (QED) is 0.561. The molecule has 2 heterocycles. The lowest BCUT2D eigenvalue weighted by Crippen LogP contribution is -1.85. The second-order valence-electron chi connectivity index (χ2n) is 4.84. The first-order chi connectivity index (χ1) is 10.2. The monoisotopic (exact) mass is 277 g/mol. The van der Waals surface area contributed by atoms with Crippen LogP contribution in [0.3, 0.4) is 0 Å². The van der Waals surface area contributed by atoms with E-state index in [0.29, 0.717) is 11.2 Å². The maximum Gasteiger partial charge on any atom is 0.178 e. The van der Waals surface area contributed by atoms with E-state index < -0.39 is 0 Å². The lowest BCUT2D eigenvalue weighted by atomic mass is 10.1. The van der Waals surface area contributed by atoms with Crippen LogP contribution in [0.4, 0.5) is 0 Å². The summed E-state index contributed by atoms with van der Waals surface area (Å²) < 4.78 is 0. The summed E-state index contributed by atoms with van der Waals surface area (Å²) in [6, 6.07) is 9.92. The van der Waals surface area contributed by atoms with Gasteiger partial charge in [-0.2, -0.15) is 0 Å². The van der Waals surface area contributed by atoms with Crippen LogP contribution in [0.25, 0.3) is 28.3 Å². The van der Waals surface area contributed by atoms with Crippen molar-refractivity contribution in [1.82, 2.24) is 15.0 Å². The van der Waals surface area contributed by atoms with Gasteiger partial charge in [0.25, 0.3) is 0 Å². The molecule has 21 heavy (non-hydrogen) atoms. The maximum absolute atomic E-state index is 9.86. The molecule has 0 saturated heterocycles. The second-order valence-corrected chi connectivity index (χ2v) is 4.84. The number of nitrogens with one attached hydrogen (secondary N) is 1. The third-order valence-corrected chi connectivity index (χ3v) is 3.20. The van der Waals surface area contributed by atoms with E-state index in [1.165, 1.54) is 17.7 Å². The number of benzene rings is 1. The van der Waals surface area contributed by atoms with Crippen LogP contribution in [-0.4, -0.2) is 20.1 Å². The molecule has 0 aliphatic heterocycles. The molecule has 0 spiro atoms. The van der Waals surface area contributed by atoms with Gasteiger partial charge in [-0.3, -0.25) is 0 Å². The third kappa shape index (κ3) is 2.56. The zero-order chi connectivity index (χ0) is 14.8. The van der Waals surface area contributed by atoms with E-state index in [9.17, 15) is 5.11 Å². The van der Waals surface area contributed by atoms with Crippen molar-refractivity contribution in [3.63, 3.8) is 0 Å². The number of aryl methyl sites for hydroxylation is 1. The molecule has 0 aliphatic carbocycles. The van der Waals surface area contributed by atoms with Crippen molar-refractivity contribution in [3.05, 3.63) is 66.4 Å². The van der Waals surface area contributed by atoms with E-state index in [0.717, 1.165) is 16.9 Å². The number of allylic oxidation sites excluding steroid dienone is 2. The van der Waals surface area contributed by atoms with Gasteiger partial charge in [0, 0.05) is 17.3 Å². The van der Waals surface area contributed by atoms with E-state index in [4.69, 9.17) is 0 Å². The molecule has 0 aliphatic rings. The smallest absolute Gasteiger partial charge is 0.178 e. The number of imidazole rings is 1. The van der Waals surface area contributed by atoms with E-state index in [-0.39, 0.29) is 5.76 Å². The summed E-state index contributed by atoms with van der Waals surface area (Å²) in [6.07, 6.45) is 4.66. The van der Waals surface area contributed by atoms with Gasteiger partial charge in [-0.15, -0.1) is 0 Å². The number of aliphatic hydroxyl groups excluding tert-OH is 1. The summed E-state index contributed by atoms with van der Waals surface area (Å²) in [7, 11) is 0. The molecule has 3 aromatic rings. The SMILES string of the molecule is C=C/C=C(\O)c1cnc2nc(-c3cccc(C)c3)[nH]c2c1. The molecule has 0 amide bonds. The number of hydrogen-bond acceptors (Lipinski definition) is 3. The van der Waals surface area contributed by atoms with Gasteiger partial charge in [0.15, 0.2) is 5.65 Å². The molecule has 0 unspecified atom stereocenters. The average Bonchev–Trinajstić information content (AvgIpc) is 2.90. The van der Waals surface area contributed by atoms with Gasteiger partial charge in [-0.1, -0.05) is 36.4 Å². The van der Waals surface area contributed by atoms with Crippen LogP contribution in [-0.2, 0) is 0 Å². The molecular weight excluding hydrogens is 262 g/mol. The number of nitrogens with zero attached hydrogens (tertiary/aromatic N) is 2.